The number of ether oxygens (including phenoxy) is 1. The van der Waals surface area contributed by atoms with Crippen molar-refractivity contribution in [2.75, 3.05) is 24.3 Å². The van der Waals surface area contributed by atoms with E-state index in [1.54, 1.807) is 18.7 Å². The molecule has 3 aromatic rings. The van der Waals surface area contributed by atoms with Gasteiger partial charge in [-0.1, -0.05) is 18.2 Å². The SMILES string of the molecule is CCOC(=O)Cn1c(C2CC(=O)N(c3cccc(SC)c3)C2)nc2ccccc21. The molecule has 1 aliphatic rings. The standard InChI is InChI=1S/C22H23N3O3S/c1-3-28-21(27)14-25-19-10-5-4-9-18(19)23-22(25)15-11-20(26)24(13-15)16-7-6-8-17(12-16)29-2/h4-10,12,15H,3,11,13-14H2,1-2H3. The molecule has 1 fully saturated rings. The molecule has 6 nitrogen and oxygen atoms in total. The van der Waals surface area contributed by atoms with E-state index in [1.807, 2.05) is 64.3 Å². The molecule has 1 amide bonds. The maximum atomic E-state index is 12.8. The van der Waals surface area contributed by atoms with Crippen molar-refractivity contribution in [1.29, 1.82) is 0 Å². The molecule has 1 aliphatic heterocycles. The zero-order valence-corrected chi connectivity index (χ0v) is 17.3. The molecule has 29 heavy (non-hydrogen) atoms. The lowest BCUT2D eigenvalue weighted by Gasteiger charge is -2.18. The summed E-state index contributed by atoms with van der Waals surface area (Å²) in [5.41, 5.74) is 2.60. The molecule has 2 aromatic carbocycles. The first-order valence-corrected chi connectivity index (χ1v) is 10.9. The van der Waals surface area contributed by atoms with Crippen LogP contribution in [0.4, 0.5) is 5.69 Å². The normalized spacial score (nSPS) is 16.6. The van der Waals surface area contributed by atoms with Crippen molar-refractivity contribution in [2.45, 2.75) is 30.7 Å². The van der Waals surface area contributed by atoms with Crippen LogP contribution in [0.5, 0.6) is 0 Å². The fourth-order valence-electron chi connectivity index (χ4n) is 3.82. The highest BCUT2D eigenvalue weighted by molar-refractivity contribution is 7.98. The number of rotatable bonds is 6. The summed E-state index contributed by atoms with van der Waals surface area (Å²) < 4.78 is 7.05. The van der Waals surface area contributed by atoms with E-state index in [0.717, 1.165) is 27.4 Å². The average Bonchev–Trinajstić information content (AvgIpc) is 3.29. The van der Waals surface area contributed by atoms with Crippen molar-refractivity contribution in [1.82, 2.24) is 9.55 Å². The Hall–Kier alpha value is -2.80. The molecule has 0 saturated carbocycles. The number of fused-ring (bicyclic) bond motifs is 1. The van der Waals surface area contributed by atoms with Gasteiger partial charge in [-0.2, -0.15) is 0 Å². The minimum absolute atomic E-state index is 0.0722. The highest BCUT2D eigenvalue weighted by Crippen LogP contribution is 2.34. The van der Waals surface area contributed by atoms with Crippen molar-refractivity contribution in [3.05, 3.63) is 54.4 Å². The van der Waals surface area contributed by atoms with E-state index in [0.29, 0.717) is 19.6 Å². The average molecular weight is 410 g/mol. The van der Waals surface area contributed by atoms with E-state index in [1.165, 1.54) is 0 Å². The third kappa shape index (κ3) is 3.87. The van der Waals surface area contributed by atoms with Crippen LogP contribution in [0.1, 0.15) is 25.1 Å². The maximum Gasteiger partial charge on any atom is 0.326 e. The zero-order chi connectivity index (χ0) is 20.4. The van der Waals surface area contributed by atoms with Gasteiger partial charge in [-0.3, -0.25) is 9.59 Å². The number of hydrogen-bond donors (Lipinski definition) is 0. The lowest BCUT2D eigenvalue weighted by molar-refractivity contribution is -0.143. The number of aromatic nitrogens is 2. The molecule has 2 heterocycles. The lowest BCUT2D eigenvalue weighted by Crippen LogP contribution is -2.24. The predicted octanol–water partition coefficient (Wildman–Crippen LogP) is 3.84. The predicted molar refractivity (Wildman–Crippen MR) is 114 cm³/mol. The number of amides is 1. The molecule has 0 radical (unpaired) electrons. The van der Waals surface area contributed by atoms with E-state index in [9.17, 15) is 9.59 Å². The number of nitrogens with zero attached hydrogens (tertiary/aromatic N) is 3. The molecule has 150 valence electrons. The highest BCUT2D eigenvalue weighted by atomic mass is 32.2. The molecule has 1 unspecified atom stereocenters. The van der Waals surface area contributed by atoms with Crippen LogP contribution < -0.4 is 4.90 Å². The van der Waals surface area contributed by atoms with Crippen molar-refractivity contribution >= 4 is 40.4 Å². The monoisotopic (exact) mass is 409 g/mol. The summed E-state index contributed by atoms with van der Waals surface area (Å²) in [5, 5.41) is 0. The summed E-state index contributed by atoms with van der Waals surface area (Å²) in [4.78, 5) is 32.7. The minimum Gasteiger partial charge on any atom is -0.465 e. The van der Waals surface area contributed by atoms with Gasteiger partial charge in [0.25, 0.3) is 0 Å². The second kappa shape index (κ2) is 8.29. The van der Waals surface area contributed by atoms with Gasteiger partial charge in [0.05, 0.1) is 17.6 Å². The highest BCUT2D eigenvalue weighted by Gasteiger charge is 2.35. The topological polar surface area (TPSA) is 64.4 Å². The summed E-state index contributed by atoms with van der Waals surface area (Å²) in [6, 6.07) is 15.7. The molecule has 4 rings (SSSR count). The zero-order valence-electron chi connectivity index (χ0n) is 16.5. The Morgan fingerprint density at radius 1 is 1.24 bits per heavy atom. The number of thioether (sulfide) groups is 1. The Bertz CT molecular complexity index is 1060. The van der Waals surface area contributed by atoms with Gasteiger partial charge in [0.1, 0.15) is 12.4 Å². The number of anilines is 1. The van der Waals surface area contributed by atoms with Crippen molar-refractivity contribution in [3.8, 4) is 0 Å². The second-order valence-electron chi connectivity index (χ2n) is 6.96. The number of imidazole rings is 1. The number of carbonyl (C=O) groups is 2. The smallest absolute Gasteiger partial charge is 0.326 e. The molecule has 1 aromatic heterocycles. The second-order valence-corrected chi connectivity index (χ2v) is 7.84. The van der Waals surface area contributed by atoms with Gasteiger partial charge in [0.15, 0.2) is 0 Å². The third-order valence-corrected chi connectivity index (χ3v) is 5.86. The van der Waals surface area contributed by atoms with Crippen LogP contribution in [0.15, 0.2) is 53.4 Å². The Labute approximate surface area is 173 Å². The van der Waals surface area contributed by atoms with E-state index < -0.39 is 0 Å². The Morgan fingerprint density at radius 3 is 2.86 bits per heavy atom. The lowest BCUT2D eigenvalue weighted by atomic mass is 10.1. The summed E-state index contributed by atoms with van der Waals surface area (Å²) in [6.07, 6.45) is 2.39. The summed E-state index contributed by atoms with van der Waals surface area (Å²) in [6.45, 7) is 2.77. The van der Waals surface area contributed by atoms with Gasteiger partial charge < -0.3 is 14.2 Å². The fraction of sp³-hybridized carbons (Fsp3) is 0.318. The molecule has 0 N–H and O–H groups in total. The largest absolute Gasteiger partial charge is 0.465 e. The van der Waals surface area contributed by atoms with E-state index in [2.05, 4.69) is 0 Å². The summed E-state index contributed by atoms with van der Waals surface area (Å²) in [5.74, 6) is 0.451. The molecule has 0 bridgehead atoms. The van der Waals surface area contributed by atoms with Gasteiger partial charge in [0, 0.05) is 29.5 Å². The van der Waals surface area contributed by atoms with Crippen molar-refractivity contribution in [2.24, 2.45) is 0 Å². The fourth-order valence-corrected chi connectivity index (χ4v) is 4.27. The van der Waals surface area contributed by atoms with Gasteiger partial charge >= 0.3 is 5.97 Å². The molecule has 1 saturated heterocycles. The first kappa shape index (κ1) is 19.5. The minimum atomic E-state index is -0.300. The first-order valence-electron chi connectivity index (χ1n) is 9.66. The Morgan fingerprint density at radius 2 is 2.07 bits per heavy atom. The number of hydrogen-bond acceptors (Lipinski definition) is 5. The molecule has 7 heteroatoms. The van der Waals surface area contributed by atoms with Crippen LogP contribution in [0.25, 0.3) is 11.0 Å². The molecule has 0 spiro atoms. The number of para-hydroxylation sites is 2. The van der Waals surface area contributed by atoms with Crippen LogP contribution in [-0.4, -0.2) is 40.8 Å². The molecular formula is C22H23N3O3S. The molecule has 1 atom stereocenters. The Kier molecular flexibility index (Phi) is 5.58. The van der Waals surface area contributed by atoms with Crippen LogP contribution >= 0.6 is 11.8 Å². The van der Waals surface area contributed by atoms with Crippen LogP contribution in [0.2, 0.25) is 0 Å². The summed E-state index contributed by atoms with van der Waals surface area (Å²) >= 11 is 1.65. The van der Waals surface area contributed by atoms with Crippen molar-refractivity contribution < 1.29 is 14.3 Å². The van der Waals surface area contributed by atoms with Gasteiger partial charge in [-0.25, -0.2) is 4.98 Å². The Balaban J connectivity index is 1.67. The summed E-state index contributed by atoms with van der Waals surface area (Å²) in [7, 11) is 0. The van der Waals surface area contributed by atoms with Crippen LogP contribution in [0.3, 0.4) is 0 Å². The number of benzene rings is 2. The van der Waals surface area contributed by atoms with Gasteiger partial charge in [0.2, 0.25) is 5.91 Å². The molecular weight excluding hydrogens is 386 g/mol. The number of carbonyl (C=O) groups excluding carboxylic acids is 2. The van der Waals surface area contributed by atoms with Crippen LogP contribution in [0, 0.1) is 0 Å². The first-order chi connectivity index (χ1) is 14.1. The molecule has 0 aliphatic carbocycles. The number of esters is 1. The van der Waals surface area contributed by atoms with E-state index >= 15 is 0 Å². The quantitative estimate of drug-likeness (QED) is 0.457. The van der Waals surface area contributed by atoms with Crippen LogP contribution in [-0.2, 0) is 20.9 Å². The van der Waals surface area contributed by atoms with Crippen molar-refractivity contribution in [3.63, 3.8) is 0 Å². The van der Waals surface area contributed by atoms with E-state index in [4.69, 9.17) is 9.72 Å². The van der Waals surface area contributed by atoms with Gasteiger partial charge in [-0.05, 0) is 43.5 Å². The van der Waals surface area contributed by atoms with E-state index in [-0.39, 0.29) is 24.3 Å². The maximum absolute atomic E-state index is 12.8. The van der Waals surface area contributed by atoms with Gasteiger partial charge in [-0.15, -0.1) is 11.8 Å². The third-order valence-electron chi connectivity index (χ3n) is 5.13.